The van der Waals surface area contributed by atoms with Crippen molar-refractivity contribution in [2.45, 2.75) is 20.0 Å². The summed E-state index contributed by atoms with van der Waals surface area (Å²) in [5, 5.41) is 7.70. The lowest BCUT2D eigenvalue weighted by molar-refractivity contribution is -0.0350. The summed E-state index contributed by atoms with van der Waals surface area (Å²) in [6.45, 7) is 4.67. The molecule has 8 heteroatoms. The van der Waals surface area contributed by atoms with Crippen LogP contribution in [0.5, 0.6) is 5.75 Å². The fraction of sp³-hybridized carbons (Fsp3) is 0.438. The average molecular weight is 335 g/mol. The van der Waals surface area contributed by atoms with Gasteiger partial charge in [0.15, 0.2) is 17.7 Å². The average Bonchev–Trinajstić information content (AvgIpc) is 3.03. The second-order valence-corrected chi connectivity index (χ2v) is 5.32. The second-order valence-electron chi connectivity index (χ2n) is 5.32. The molecular formula is C16H18FN3O4. The van der Waals surface area contributed by atoms with Gasteiger partial charge in [-0.2, -0.15) is 0 Å². The molecule has 0 saturated carbocycles. The Morgan fingerprint density at radius 3 is 3.00 bits per heavy atom. The number of hydrogen-bond donors (Lipinski definition) is 0. The van der Waals surface area contributed by atoms with Gasteiger partial charge >= 0.3 is 0 Å². The van der Waals surface area contributed by atoms with Crippen molar-refractivity contribution in [1.82, 2.24) is 15.1 Å². The Balaban J connectivity index is 1.81. The molecule has 128 valence electrons. The first-order chi connectivity index (χ1) is 11.6. The predicted molar refractivity (Wildman–Crippen MR) is 81.2 cm³/mol. The van der Waals surface area contributed by atoms with Gasteiger partial charge in [0, 0.05) is 13.5 Å². The highest BCUT2D eigenvalue weighted by atomic mass is 19.1. The number of carbonyl (C=O) groups is 1. The van der Waals surface area contributed by atoms with Crippen molar-refractivity contribution in [3.8, 4) is 5.75 Å². The van der Waals surface area contributed by atoms with Gasteiger partial charge in [-0.25, -0.2) is 4.39 Å². The Hall–Kier alpha value is -2.48. The van der Waals surface area contributed by atoms with Gasteiger partial charge in [0.25, 0.3) is 5.91 Å². The van der Waals surface area contributed by atoms with Crippen molar-refractivity contribution in [3.05, 3.63) is 41.4 Å². The summed E-state index contributed by atoms with van der Waals surface area (Å²) in [7, 11) is 0. The molecule has 0 spiro atoms. The second kappa shape index (κ2) is 6.96. The first-order valence-corrected chi connectivity index (χ1v) is 7.72. The summed E-state index contributed by atoms with van der Waals surface area (Å²) in [5.41, 5.74) is 0.194. The number of benzene rings is 1. The number of rotatable bonds is 4. The van der Waals surface area contributed by atoms with E-state index in [1.807, 2.05) is 0 Å². The maximum absolute atomic E-state index is 14.0. The molecule has 24 heavy (non-hydrogen) atoms. The lowest BCUT2D eigenvalue weighted by Crippen LogP contribution is -2.42. The molecule has 1 fully saturated rings. The van der Waals surface area contributed by atoms with E-state index in [-0.39, 0.29) is 30.4 Å². The number of morpholine rings is 1. The number of nitrogens with zero attached hydrogens (tertiary/aromatic N) is 3. The van der Waals surface area contributed by atoms with Crippen LogP contribution in [-0.2, 0) is 4.74 Å². The van der Waals surface area contributed by atoms with Crippen LogP contribution in [0.1, 0.15) is 35.2 Å². The highest BCUT2D eigenvalue weighted by Gasteiger charge is 2.31. The molecule has 0 aliphatic carbocycles. The van der Waals surface area contributed by atoms with Crippen molar-refractivity contribution in [2.75, 3.05) is 26.3 Å². The van der Waals surface area contributed by atoms with Crippen molar-refractivity contribution in [3.63, 3.8) is 0 Å². The molecule has 1 atom stereocenters. The van der Waals surface area contributed by atoms with Crippen molar-refractivity contribution < 1.29 is 23.1 Å². The minimum absolute atomic E-state index is 0.0262. The van der Waals surface area contributed by atoms with E-state index in [1.165, 1.54) is 12.1 Å². The molecule has 0 N–H and O–H groups in total. The molecule has 2 aromatic rings. The van der Waals surface area contributed by atoms with Gasteiger partial charge in [0.05, 0.1) is 25.3 Å². The van der Waals surface area contributed by atoms with E-state index in [1.54, 1.807) is 24.8 Å². The largest absolute Gasteiger partial charge is 0.490 e. The van der Waals surface area contributed by atoms with Crippen LogP contribution in [0.3, 0.4) is 0 Å². The van der Waals surface area contributed by atoms with E-state index in [9.17, 15) is 9.18 Å². The van der Waals surface area contributed by atoms with Gasteiger partial charge in [-0.1, -0.05) is 6.07 Å². The summed E-state index contributed by atoms with van der Waals surface area (Å²) >= 11 is 0. The summed E-state index contributed by atoms with van der Waals surface area (Å²) in [6.07, 6.45) is -0.493. The zero-order chi connectivity index (χ0) is 17.1. The molecule has 1 saturated heterocycles. The van der Waals surface area contributed by atoms with Crippen LogP contribution in [0.15, 0.2) is 22.6 Å². The summed E-state index contributed by atoms with van der Waals surface area (Å²) in [5.74, 6) is -0.140. The molecule has 2 heterocycles. The fourth-order valence-corrected chi connectivity index (χ4v) is 2.56. The maximum atomic E-state index is 14.0. The number of aromatic nitrogens is 2. The van der Waals surface area contributed by atoms with Gasteiger partial charge in [0.2, 0.25) is 11.8 Å². The molecule has 7 nitrogen and oxygen atoms in total. The monoisotopic (exact) mass is 335 g/mol. The Bertz CT molecular complexity index is 734. The Morgan fingerprint density at radius 1 is 1.46 bits per heavy atom. The Morgan fingerprint density at radius 2 is 2.29 bits per heavy atom. The molecule has 0 unspecified atom stereocenters. The summed E-state index contributed by atoms with van der Waals surface area (Å²) < 4.78 is 30.2. The Kier molecular flexibility index (Phi) is 4.75. The maximum Gasteiger partial charge on any atom is 0.257 e. The summed E-state index contributed by atoms with van der Waals surface area (Å²) in [4.78, 5) is 14.4. The Labute approximate surface area is 138 Å². The number of aryl methyl sites for hydroxylation is 1. The number of carbonyl (C=O) groups excluding carboxylic acids is 1. The molecule has 1 aromatic carbocycles. The number of halogens is 1. The van der Waals surface area contributed by atoms with Gasteiger partial charge in [0.1, 0.15) is 0 Å². The van der Waals surface area contributed by atoms with E-state index in [0.29, 0.717) is 24.9 Å². The third kappa shape index (κ3) is 3.23. The minimum atomic E-state index is -0.556. The normalized spacial score (nSPS) is 17.8. The van der Waals surface area contributed by atoms with E-state index in [4.69, 9.17) is 13.9 Å². The van der Waals surface area contributed by atoms with E-state index in [0.717, 1.165) is 0 Å². The molecule has 0 bridgehead atoms. The minimum Gasteiger partial charge on any atom is -0.490 e. The van der Waals surface area contributed by atoms with Crippen LogP contribution in [0.25, 0.3) is 0 Å². The molecule has 1 aromatic heterocycles. The lowest BCUT2D eigenvalue weighted by atomic mass is 10.1. The van der Waals surface area contributed by atoms with Crippen LogP contribution in [0.2, 0.25) is 0 Å². The molecule has 3 rings (SSSR count). The number of para-hydroxylation sites is 1. The zero-order valence-electron chi connectivity index (χ0n) is 13.5. The third-order valence-corrected chi connectivity index (χ3v) is 3.66. The van der Waals surface area contributed by atoms with Crippen molar-refractivity contribution >= 4 is 5.91 Å². The molecule has 0 radical (unpaired) electrons. The van der Waals surface area contributed by atoms with Gasteiger partial charge in [-0.3, -0.25) is 4.79 Å². The topological polar surface area (TPSA) is 77.7 Å². The number of ether oxygens (including phenoxy) is 2. The third-order valence-electron chi connectivity index (χ3n) is 3.66. The smallest absolute Gasteiger partial charge is 0.257 e. The van der Waals surface area contributed by atoms with Gasteiger partial charge in [-0.05, 0) is 19.1 Å². The molecule has 1 amide bonds. The standard InChI is InChI=1S/C16H18FN3O4/c1-3-22-14-11(5-4-6-12(14)17)16(21)20-7-8-23-13(9-20)15-19-18-10(2)24-15/h4-6,13H,3,7-9H2,1-2H3/t13-/m0/s1. The zero-order valence-corrected chi connectivity index (χ0v) is 13.5. The van der Waals surface area contributed by atoms with Crippen LogP contribution >= 0.6 is 0 Å². The van der Waals surface area contributed by atoms with Gasteiger partial charge in [-0.15, -0.1) is 10.2 Å². The molecule has 1 aliphatic heterocycles. The SMILES string of the molecule is CCOc1c(F)cccc1C(=O)N1CCO[C@H](c2nnc(C)o2)C1. The van der Waals surface area contributed by atoms with Crippen LogP contribution < -0.4 is 4.74 Å². The van der Waals surface area contributed by atoms with E-state index >= 15 is 0 Å². The summed E-state index contributed by atoms with van der Waals surface area (Å²) in [6, 6.07) is 4.31. The number of amides is 1. The quantitative estimate of drug-likeness (QED) is 0.852. The lowest BCUT2D eigenvalue weighted by Gasteiger charge is -2.31. The first kappa shape index (κ1) is 16.4. The van der Waals surface area contributed by atoms with Crippen molar-refractivity contribution in [2.24, 2.45) is 0 Å². The molecule has 1 aliphatic rings. The van der Waals surface area contributed by atoms with E-state index in [2.05, 4.69) is 10.2 Å². The number of hydrogen-bond acceptors (Lipinski definition) is 6. The van der Waals surface area contributed by atoms with Gasteiger partial charge < -0.3 is 18.8 Å². The highest BCUT2D eigenvalue weighted by Crippen LogP contribution is 2.27. The van der Waals surface area contributed by atoms with Crippen LogP contribution in [0, 0.1) is 12.7 Å². The fourth-order valence-electron chi connectivity index (χ4n) is 2.56. The van der Waals surface area contributed by atoms with Crippen LogP contribution in [-0.4, -0.2) is 47.3 Å². The highest BCUT2D eigenvalue weighted by molar-refractivity contribution is 5.97. The van der Waals surface area contributed by atoms with Crippen molar-refractivity contribution in [1.29, 1.82) is 0 Å². The van der Waals surface area contributed by atoms with E-state index < -0.39 is 11.9 Å². The molecular weight excluding hydrogens is 317 g/mol. The predicted octanol–water partition coefficient (Wildman–Crippen LogP) is 2.13. The first-order valence-electron chi connectivity index (χ1n) is 7.72. The van der Waals surface area contributed by atoms with Crippen LogP contribution in [0.4, 0.5) is 4.39 Å².